The molecule has 2 unspecified atom stereocenters. The second-order valence-corrected chi connectivity index (χ2v) is 10.9. The zero-order valence-corrected chi connectivity index (χ0v) is 25.3. The molecule has 4 rings (SSSR count). The monoisotopic (exact) mass is 592 g/mol. The first-order chi connectivity index (χ1) is 20.6. The minimum absolute atomic E-state index is 0.0733. The maximum atomic E-state index is 13.6. The van der Waals surface area contributed by atoms with Gasteiger partial charge in [-0.2, -0.15) is 0 Å². The van der Waals surface area contributed by atoms with Crippen molar-refractivity contribution in [2.24, 2.45) is 5.92 Å². The SMILES string of the molecule is C=CCOc1cc2c(c(OCOC)c1)C(=O)O[C@@H](C)[C@H](C)/C=C\C(OC(=O)c1ccccc1)C1OC(C)(C)O[C@H]1C/C=C/2. The highest BCUT2D eigenvalue weighted by atomic mass is 16.8. The van der Waals surface area contributed by atoms with Crippen LogP contribution in [0.4, 0.5) is 0 Å². The quantitative estimate of drug-likeness (QED) is 0.204. The summed E-state index contributed by atoms with van der Waals surface area (Å²) in [5, 5.41) is 0. The van der Waals surface area contributed by atoms with Gasteiger partial charge in [0.2, 0.25) is 0 Å². The molecule has 9 heteroatoms. The first-order valence-electron chi connectivity index (χ1n) is 14.3. The first kappa shape index (κ1) is 32.0. The van der Waals surface area contributed by atoms with Crippen LogP contribution in [0.15, 0.2) is 73.3 Å². The fraction of sp³-hybridized carbons (Fsp3) is 0.412. The van der Waals surface area contributed by atoms with Crippen LogP contribution < -0.4 is 9.47 Å². The lowest BCUT2D eigenvalue weighted by molar-refractivity contribution is -0.152. The molecule has 2 heterocycles. The Balaban J connectivity index is 1.75. The molecule has 2 aromatic rings. The van der Waals surface area contributed by atoms with Crippen molar-refractivity contribution in [3.05, 3.63) is 90.0 Å². The summed E-state index contributed by atoms with van der Waals surface area (Å²) in [5.74, 6) is -1.43. The van der Waals surface area contributed by atoms with E-state index in [1.807, 2.05) is 39.0 Å². The molecular weight excluding hydrogens is 552 g/mol. The largest absolute Gasteiger partial charge is 0.489 e. The van der Waals surface area contributed by atoms with Gasteiger partial charge in [-0.05, 0) is 57.0 Å². The minimum atomic E-state index is -0.912. The van der Waals surface area contributed by atoms with Crippen LogP contribution in [0, 0.1) is 5.92 Å². The molecule has 0 N–H and O–H groups in total. The molecule has 1 fully saturated rings. The molecule has 0 saturated carbocycles. The Kier molecular flexibility index (Phi) is 10.8. The number of carbonyl (C=O) groups excluding carboxylic acids is 2. The summed E-state index contributed by atoms with van der Waals surface area (Å²) in [6, 6.07) is 12.2. The third-order valence-electron chi connectivity index (χ3n) is 7.11. The van der Waals surface area contributed by atoms with Crippen molar-refractivity contribution in [3.8, 4) is 11.5 Å². The molecule has 2 aromatic carbocycles. The van der Waals surface area contributed by atoms with E-state index in [-0.39, 0.29) is 30.6 Å². The van der Waals surface area contributed by atoms with Gasteiger partial charge in [0, 0.05) is 19.1 Å². The van der Waals surface area contributed by atoms with E-state index in [2.05, 4.69) is 6.58 Å². The van der Waals surface area contributed by atoms with E-state index in [1.165, 1.54) is 7.11 Å². The summed E-state index contributed by atoms with van der Waals surface area (Å²) in [6.07, 6.45) is 7.00. The highest BCUT2D eigenvalue weighted by Crippen LogP contribution is 2.36. The number of cyclic esters (lactones) is 1. The van der Waals surface area contributed by atoms with E-state index in [9.17, 15) is 9.59 Å². The van der Waals surface area contributed by atoms with Gasteiger partial charge in [-0.15, -0.1) is 0 Å². The van der Waals surface area contributed by atoms with E-state index in [0.717, 1.165) is 0 Å². The zero-order valence-electron chi connectivity index (χ0n) is 25.3. The average Bonchev–Trinajstić information content (AvgIpc) is 3.30. The molecule has 9 nitrogen and oxygen atoms in total. The van der Waals surface area contributed by atoms with Gasteiger partial charge in [-0.25, -0.2) is 9.59 Å². The molecule has 0 aromatic heterocycles. The lowest BCUT2D eigenvalue weighted by Gasteiger charge is -2.25. The summed E-state index contributed by atoms with van der Waals surface area (Å²) in [4.78, 5) is 26.7. The van der Waals surface area contributed by atoms with Crippen molar-refractivity contribution in [3.63, 3.8) is 0 Å². The van der Waals surface area contributed by atoms with E-state index >= 15 is 0 Å². The molecule has 2 aliphatic rings. The van der Waals surface area contributed by atoms with Crippen LogP contribution in [-0.4, -0.2) is 62.7 Å². The average molecular weight is 593 g/mol. The predicted molar refractivity (Wildman–Crippen MR) is 161 cm³/mol. The molecule has 0 amide bonds. The fourth-order valence-electron chi connectivity index (χ4n) is 4.85. The lowest BCUT2D eigenvalue weighted by Crippen LogP contribution is -2.37. The van der Waals surface area contributed by atoms with Crippen LogP contribution in [0.25, 0.3) is 6.08 Å². The number of benzene rings is 2. The van der Waals surface area contributed by atoms with Crippen LogP contribution in [-0.2, 0) is 23.7 Å². The number of fused-ring (bicyclic) bond motifs is 2. The first-order valence-corrected chi connectivity index (χ1v) is 14.3. The number of hydrogen-bond acceptors (Lipinski definition) is 9. The Hall–Kier alpha value is -3.92. The van der Waals surface area contributed by atoms with Crippen LogP contribution in [0.1, 0.15) is 60.4 Å². The van der Waals surface area contributed by atoms with Crippen LogP contribution in [0.2, 0.25) is 0 Å². The number of ether oxygens (including phenoxy) is 7. The molecule has 0 radical (unpaired) electrons. The lowest BCUT2D eigenvalue weighted by atomic mass is 9.98. The highest BCUT2D eigenvalue weighted by Gasteiger charge is 2.45. The number of esters is 2. The molecule has 0 spiro atoms. The Morgan fingerprint density at radius 1 is 1.09 bits per heavy atom. The summed E-state index contributed by atoms with van der Waals surface area (Å²) >= 11 is 0. The smallest absolute Gasteiger partial charge is 0.342 e. The Morgan fingerprint density at radius 3 is 2.58 bits per heavy atom. The maximum Gasteiger partial charge on any atom is 0.342 e. The van der Waals surface area contributed by atoms with E-state index < -0.39 is 42.1 Å². The summed E-state index contributed by atoms with van der Waals surface area (Å²) in [6.45, 7) is 11.3. The van der Waals surface area contributed by atoms with Gasteiger partial charge >= 0.3 is 11.9 Å². The fourth-order valence-corrected chi connectivity index (χ4v) is 4.85. The summed E-state index contributed by atoms with van der Waals surface area (Å²) in [7, 11) is 1.50. The van der Waals surface area contributed by atoms with Gasteiger partial charge in [-0.1, -0.05) is 56.0 Å². The van der Waals surface area contributed by atoms with Crippen molar-refractivity contribution in [2.45, 2.75) is 64.3 Å². The van der Waals surface area contributed by atoms with Crippen LogP contribution in [0.5, 0.6) is 11.5 Å². The molecule has 230 valence electrons. The Labute approximate surface area is 253 Å². The third-order valence-corrected chi connectivity index (χ3v) is 7.11. The topological polar surface area (TPSA) is 98.8 Å². The van der Waals surface area contributed by atoms with Crippen LogP contribution in [0.3, 0.4) is 0 Å². The van der Waals surface area contributed by atoms with Gasteiger partial charge in [0.05, 0.1) is 11.7 Å². The van der Waals surface area contributed by atoms with Crippen molar-refractivity contribution < 1.29 is 42.7 Å². The normalized spacial score (nSPS) is 26.5. The number of rotatable bonds is 8. The standard InChI is InChI=1S/C34H40O9/c1-7-18-38-26-19-25-14-11-15-28-31(43-34(4,5)42-28)27(41-32(35)24-12-9-8-10-13-24)17-16-22(2)23(3)40-33(36)30(25)29(20-26)39-21-37-6/h7-14,16-17,19-20,22-23,27-28,31H,1,15,18,21H2,2-6H3/b14-11+,17-16-/t22-,23+,27?,28+,31?/m1/s1. The summed E-state index contributed by atoms with van der Waals surface area (Å²) < 4.78 is 41.2. The van der Waals surface area contributed by atoms with Crippen molar-refractivity contribution in [2.75, 3.05) is 20.5 Å². The van der Waals surface area contributed by atoms with Gasteiger partial charge < -0.3 is 33.2 Å². The molecule has 43 heavy (non-hydrogen) atoms. The molecular formula is C34H40O9. The molecule has 5 atom stereocenters. The molecule has 0 bridgehead atoms. The van der Waals surface area contributed by atoms with E-state index in [4.69, 9.17) is 33.2 Å². The number of carbonyl (C=O) groups is 2. The second kappa shape index (κ2) is 14.5. The third kappa shape index (κ3) is 8.34. The van der Waals surface area contributed by atoms with Gasteiger partial charge in [0.1, 0.15) is 42.0 Å². The molecule has 0 aliphatic carbocycles. The van der Waals surface area contributed by atoms with Crippen molar-refractivity contribution >= 4 is 18.0 Å². The van der Waals surface area contributed by atoms with E-state index in [0.29, 0.717) is 23.3 Å². The predicted octanol–water partition coefficient (Wildman–Crippen LogP) is 6.13. The van der Waals surface area contributed by atoms with Gasteiger partial charge in [0.25, 0.3) is 0 Å². The van der Waals surface area contributed by atoms with Crippen LogP contribution >= 0.6 is 0 Å². The minimum Gasteiger partial charge on any atom is -0.489 e. The Morgan fingerprint density at radius 2 is 1.86 bits per heavy atom. The van der Waals surface area contributed by atoms with E-state index in [1.54, 1.807) is 61.5 Å². The molecule has 1 saturated heterocycles. The second-order valence-electron chi connectivity index (χ2n) is 10.9. The van der Waals surface area contributed by atoms with Gasteiger partial charge in [-0.3, -0.25) is 0 Å². The molecule has 2 aliphatic heterocycles. The zero-order chi connectivity index (χ0) is 31.0. The number of methoxy groups -OCH3 is 1. The van der Waals surface area contributed by atoms with Gasteiger partial charge in [0.15, 0.2) is 12.6 Å². The highest BCUT2D eigenvalue weighted by molar-refractivity contribution is 5.97. The summed E-state index contributed by atoms with van der Waals surface area (Å²) in [5.41, 5.74) is 1.21. The maximum absolute atomic E-state index is 13.6. The van der Waals surface area contributed by atoms with Crippen molar-refractivity contribution in [1.29, 1.82) is 0 Å². The van der Waals surface area contributed by atoms with Crippen molar-refractivity contribution in [1.82, 2.24) is 0 Å². The Bertz CT molecular complexity index is 1330. The number of hydrogen-bond donors (Lipinski definition) is 0.